The quantitative estimate of drug-likeness (QED) is 0.251. The maximum Gasteiger partial charge on any atom is 0.271 e. The summed E-state index contributed by atoms with van der Waals surface area (Å²) in [4.78, 5) is 20.6. The van der Waals surface area contributed by atoms with Crippen molar-refractivity contribution < 1.29 is 9.53 Å². The molecule has 4 rings (SSSR count). The molecule has 1 heterocycles. The van der Waals surface area contributed by atoms with Gasteiger partial charge in [-0.25, -0.2) is 4.99 Å². The van der Waals surface area contributed by atoms with Crippen LogP contribution < -0.4 is 9.64 Å². The number of thioether (sulfide) groups is 1. The van der Waals surface area contributed by atoms with Gasteiger partial charge in [0, 0.05) is 10.0 Å². The Hall–Kier alpha value is -3.09. The van der Waals surface area contributed by atoms with E-state index in [2.05, 4.69) is 22.5 Å². The zero-order valence-electron chi connectivity index (χ0n) is 18.4. The predicted octanol–water partition coefficient (Wildman–Crippen LogP) is 7.44. The Kier molecular flexibility index (Phi) is 7.16. The largest absolute Gasteiger partial charge is 0.489 e. The van der Waals surface area contributed by atoms with E-state index in [4.69, 9.17) is 9.73 Å². The smallest absolute Gasteiger partial charge is 0.271 e. The van der Waals surface area contributed by atoms with Crippen molar-refractivity contribution in [1.82, 2.24) is 0 Å². The van der Waals surface area contributed by atoms with Crippen molar-refractivity contribution in [3.05, 3.63) is 105 Å². The van der Waals surface area contributed by atoms with Gasteiger partial charge in [0.15, 0.2) is 5.17 Å². The Bertz CT molecular complexity index is 1250. The number of nitrogens with zero attached hydrogens (tertiary/aromatic N) is 2. The molecule has 1 saturated heterocycles. The average molecular weight is 519 g/mol. The van der Waals surface area contributed by atoms with Gasteiger partial charge in [0.2, 0.25) is 0 Å². The van der Waals surface area contributed by atoms with Gasteiger partial charge in [-0.15, -0.1) is 0 Å². The lowest BCUT2D eigenvalue weighted by atomic mass is 10.1. The minimum Gasteiger partial charge on any atom is -0.489 e. The molecule has 1 fully saturated rings. The van der Waals surface area contributed by atoms with Gasteiger partial charge in [-0.3, -0.25) is 9.69 Å². The normalized spacial score (nSPS) is 16.0. The first-order chi connectivity index (χ1) is 15.9. The monoisotopic (exact) mass is 518 g/mol. The standard InChI is InChI=1S/C27H23BrN2O2S/c1-4-15-32-24-14-9-21(28)16-20(24)17-25-26(31)30(23-12-7-19(3)8-13-23)27(33-25)29-22-10-5-18(2)6-11-22/h4-14,16-17H,1,15H2,2-3H3/b25-17-,29-27?. The van der Waals surface area contributed by atoms with Gasteiger partial charge in [-0.2, -0.15) is 0 Å². The van der Waals surface area contributed by atoms with Crippen molar-refractivity contribution in [3.8, 4) is 5.75 Å². The van der Waals surface area contributed by atoms with Gasteiger partial charge in [0.25, 0.3) is 5.91 Å². The summed E-state index contributed by atoms with van der Waals surface area (Å²) in [5.41, 5.74) is 4.68. The Morgan fingerprint density at radius 1 is 1.03 bits per heavy atom. The molecule has 3 aromatic rings. The SMILES string of the molecule is C=CCOc1ccc(Br)cc1/C=C1\SC(=Nc2ccc(C)cc2)N(c2ccc(C)cc2)C1=O. The van der Waals surface area contributed by atoms with Crippen molar-refractivity contribution >= 4 is 56.2 Å². The molecule has 3 aromatic carbocycles. The van der Waals surface area contributed by atoms with Crippen molar-refractivity contribution in [2.75, 3.05) is 11.5 Å². The lowest BCUT2D eigenvalue weighted by molar-refractivity contribution is -0.113. The molecule has 0 radical (unpaired) electrons. The number of anilines is 1. The van der Waals surface area contributed by atoms with Crippen LogP contribution >= 0.6 is 27.7 Å². The molecule has 1 aliphatic heterocycles. The highest BCUT2D eigenvalue weighted by molar-refractivity contribution is 9.10. The molecule has 166 valence electrons. The van der Waals surface area contributed by atoms with Gasteiger partial charge in [-0.05, 0) is 74.1 Å². The number of rotatable bonds is 6. The molecule has 33 heavy (non-hydrogen) atoms. The molecular formula is C27H23BrN2O2S. The number of benzene rings is 3. The summed E-state index contributed by atoms with van der Waals surface area (Å²) >= 11 is 4.87. The maximum atomic E-state index is 13.5. The summed E-state index contributed by atoms with van der Waals surface area (Å²) in [5.74, 6) is 0.564. The van der Waals surface area contributed by atoms with Crippen LogP contribution in [0, 0.1) is 13.8 Å². The van der Waals surface area contributed by atoms with E-state index >= 15 is 0 Å². The molecule has 0 aliphatic carbocycles. The van der Waals surface area contributed by atoms with Gasteiger partial charge < -0.3 is 4.74 Å². The Balaban J connectivity index is 1.77. The predicted molar refractivity (Wildman–Crippen MR) is 142 cm³/mol. The number of aryl methyl sites for hydroxylation is 2. The van der Waals surface area contributed by atoms with Crippen LogP contribution in [-0.4, -0.2) is 17.7 Å². The van der Waals surface area contributed by atoms with Gasteiger partial charge in [0.1, 0.15) is 12.4 Å². The second kappa shape index (κ2) is 10.2. The minimum atomic E-state index is -0.121. The highest BCUT2D eigenvalue weighted by atomic mass is 79.9. The average Bonchev–Trinajstić information content (AvgIpc) is 3.10. The molecule has 6 heteroatoms. The van der Waals surface area contributed by atoms with Crippen molar-refractivity contribution in [3.63, 3.8) is 0 Å². The second-order valence-electron chi connectivity index (χ2n) is 7.60. The zero-order chi connectivity index (χ0) is 23.4. The van der Waals surface area contributed by atoms with Crippen LogP contribution in [0.5, 0.6) is 5.75 Å². The fourth-order valence-corrected chi connectivity index (χ4v) is 4.62. The lowest BCUT2D eigenvalue weighted by Crippen LogP contribution is -2.28. The van der Waals surface area contributed by atoms with Gasteiger partial charge in [0.05, 0.1) is 16.3 Å². The molecule has 4 nitrogen and oxygen atoms in total. The Morgan fingerprint density at radius 3 is 2.36 bits per heavy atom. The number of carbonyl (C=O) groups excluding carboxylic acids is 1. The fourth-order valence-electron chi connectivity index (χ4n) is 3.25. The molecule has 1 amide bonds. The van der Waals surface area contributed by atoms with E-state index in [1.807, 2.05) is 86.7 Å². The third kappa shape index (κ3) is 5.46. The fraction of sp³-hybridized carbons (Fsp3) is 0.111. The highest BCUT2D eigenvalue weighted by Crippen LogP contribution is 2.38. The molecule has 0 unspecified atom stereocenters. The molecule has 0 N–H and O–H groups in total. The number of carbonyl (C=O) groups is 1. The summed E-state index contributed by atoms with van der Waals surface area (Å²) in [6.45, 7) is 8.16. The highest BCUT2D eigenvalue weighted by Gasteiger charge is 2.35. The molecule has 0 spiro atoms. The molecule has 1 aliphatic rings. The lowest BCUT2D eigenvalue weighted by Gasteiger charge is -2.16. The second-order valence-corrected chi connectivity index (χ2v) is 9.52. The summed E-state index contributed by atoms with van der Waals surface area (Å²) in [7, 11) is 0. The third-order valence-corrected chi connectivity index (χ3v) is 6.43. The number of ether oxygens (including phenoxy) is 1. The first kappa shape index (κ1) is 23.1. The first-order valence-corrected chi connectivity index (χ1v) is 12.0. The van der Waals surface area contributed by atoms with Crippen molar-refractivity contribution in [2.24, 2.45) is 4.99 Å². The summed E-state index contributed by atoms with van der Waals surface area (Å²) in [5, 5.41) is 0.613. The number of halogens is 1. The number of aliphatic imine (C=N–C) groups is 1. The molecule has 0 aromatic heterocycles. The molecule has 0 saturated carbocycles. The Labute approximate surface area is 206 Å². The van der Waals surface area contributed by atoms with Crippen LogP contribution in [-0.2, 0) is 4.79 Å². The van der Waals surface area contributed by atoms with E-state index in [1.54, 1.807) is 11.0 Å². The Morgan fingerprint density at radius 2 is 1.70 bits per heavy atom. The third-order valence-electron chi connectivity index (χ3n) is 4.97. The van der Waals surface area contributed by atoms with Crippen LogP contribution in [0.2, 0.25) is 0 Å². The van der Waals surface area contributed by atoms with Crippen LogP contribution in [0.15, 0.2) is 93.8 Å². The molecular weight excluding hydrogens is 496 g/mol. The summed E-state index contributed by atoms with van der Waals surface area (Å²) in [6, 6.07) is 21.5. The molecule has 0 bridgehead atoms. The maximum absolute atomic E-state index is 13.5. The number of hydrogen-bond donors (Lipinski definition) is 0. The molecule has 0 atom stereocenters. The number of amides is 1. The van der Waals surface area contributed by atoms with Crippen LogP contribution in [0.3, 0.4) is 0 Å². The van der Waals surface area contributed by atoms with Crippen LogP contribution in [0.4, 0.5) is 11.4 Å². The number of hydrogen-bond acceptors (Lipinski definition) is 4. The zero-order valence-corrected chi connectivity index (χ0v) is 20.8. The van der Waals surface area contributed by atoms with E-state index in [0.717, 1.165) is 32.5 Å². The van der Waals surface area contributed by atoms with Crippen LogP contribution in [0.25, 0.3) is 6.08 Å². The van der Waals surface area contributed by atoms with E-state index < -0.39 is 0 Å². The van der Waals surface area contributed by atoms with Crippen LogP contribution in [0.1, 0.15) is 16.7 Å². The number of amidine groups is 1. The first-order valence-electron chi connectivity index (χ1n) is 10.4. The summed E-state index contributed by atoms with van der Waals surface area (Å²) < 4.78 is 6.70. The van der Waals surface area contributed by atoms with Crippen molar-refractivity contribution in [2.45, 2.75) is 13.8 Å². The van der Waals surface area contributed by atoms with Gasteiger partial charge in [-0.1, -0.05) is 64.0 Å². The van der Waals surface area contributed by atoms with E-state index in [1.165, 1.54) is 11.8 Å². The topological polar surface area (TPSA) is 41.9 Å². The van der Waals surface area contributed by atoms with Crippen molar-refractivity contribution in [1.29, 1.82) is 0 Å². The summed E-state index contributed by atoms with van der Waals surface area (Å²) in [6.07, 6.45) is 3.55. The van der Waals surface area contributed by atoms with E-state index in [9.17, 15) is 4.79 Å². The minimum absolute atomic E-state index is 0.121. The van der Waals surface area contributed by atoms with E-state index in [-0.39, 0.29) is 5.91 Å². The van der Waals surface area contributed by atoms with Gasteiger partial charge >= 0.3 is 0 Å². The van der Waals surface area contributed by atoms with E-state index in [0.29, 0.717) is 22.4 Å².